The molecule has 0 atom stereocenters. The predicted molar refractivity (Wildman–Crippen MR) is 70.7 cm³/mol. The number of nitrogens with zero attached hydrogens (tertiary/aromatic N) is 2. The van der Waals surface area contributed by atoms with Crippen molar-refractivity contribution in [2.75, 3.05) is 20.1 Å². The van der Waals surface area contributed by atoms with Crippen LogP contribution in [-0.4, -0.2) is 30.0 Å². The number of aromatic nitrogens is 1. The summed E-state index contributed by atoms with van der Waals surface area (Å²) < 4.78 is 0. The summed E-state index contributed by atoms with van der Waals surface area (Å²) in [6.07, 6.45) is 3.66. The van der Waals surface area contributed by atoms with Crippen LogP contribution in [0.3, 0.4) is 0 Å². The smallest absolute Gasteiger partial charge is 0.0271 e. The van der Waals surface area contributed by atoms with E-state index in [1.807, 2.05) is 24.5 Å². The Balaban J connectivity index is 0.00000225. The van der Waals surface area contributed by atoms with E-state index in [0.717, 1.165) is 13.1 Å². The normalized spacial score (nSPS) is 11.3. The van der Waals surface area contributed by atoms with Crippen molar-refractivity contribution in [1.82, 2.24) is 9.88 Å². The van der Waals surface area contributed by atoms with Crippen LogP contribution in [0.15, 0.2) is 24.5 Å². The van der Waals surface area contributed by atoms with E-state index in [-0.39, 0.29) is 17.8 Å². The second-order valence-corrected chi connectivity index (χ2v) is 4.90. The lowest BCUT2D eigenvalue weighted by Crippen LogP contribution is -2.36. The minimum absolute atomic E-state index is 0. The van der Waals surface area contributed by atoms with Crippen LogP contribution in [0.25, 0.3) is 0 Å². The van der Waals surface area contributed by atoms with Gasteiger partial charge in [-0.1, -0.05) is 13.8 Å². The van der Waals surface area contributed by atoms with Gasteiger partial charge in [-0.2, -0.15) is 0 Å². The first kappa shape index (κ1) is 15.4. The number of halogens is 1. The highest BCUT2D eigenvalue weighted by Gasteiger charge is 2.17. The van der Waals surface area contributed by atoms with Crippen LogP contribution in [0.5, 0.6) is 0 Å². The summed E-state index contributed by atoms with van der Waals surface area (Å²) in [6, 6.07) is 4.10. The van der Waals surface area contributed by atoms with Crippen molar-refractivity contribution in [3.05, 3.63) is 30.1 Å². The van der Waals surface area contributed by atoms with Crippen LogP contribution < -0.4 is 5.73 Å². The average molecular weight is 244 g/mol. The summed E-state index contributed by atoms with van der Waals surface area (Å²) >= 11 is 0. The zero-order valence-corrected chi connectivity index (χ0v) is 11.1. The van der Waals surface area contributed by atoms with Gasteiger partial charge in [-0.05, 0) is 36.7 Å². The molecule has 0 radical (unpaired) electrons. The Bertz CT molecular complexity index is 288. The van der Waals surface area contributed by atoms with Gasteiger partial charge in [0.1, 0.15) is 0 Å². The number of hydrogen-bond acceptors (Lipinski definition) is 3. The Labute approximate surface area is 104 Å². The molecule has 4 heteroatoms. The molecular weight excluding hydrogens is 222 g/mol. The van der Waals surface area contributed by atoms with E-state index in [1.165, 1.54) is 5.56 Å². The summed E-state index contributed by atoms with van der Waals surface area (Å²) in [4.78, 5) is 6.30. The Morgan fingerprint density at radius 1 is 1.31 bits per heavy atom. The monoisotopic (exact) mass is 243 g/mol. The van der Waals surface area contributed by atoms with E-state index in [1.54, 1.807) is 0 Å². The quantitative estimate of drug-likeness (QED) is 0.859. The molecule has 1 aromatic rings. The SMILES string of the molecule is CN(Cc1ccncc1)CC(C)(C)CN.Cl. The fraction of sp³-hybridized carbons (Fsp3) is 0.583. The number of rotatable bonds is 5. The minimum Gasteiger partial charge on any atom is -0.330 e. The van der Waals surface area contributed by atoms with Gasteiger partial charge < -0.3 is 10.6 Å². The molecule has 0 aromatic carbocycles. The summed E-state index contributed by atoms with van der Waals surface area (Å²) in [5.41, 5.74) is 7.19. The molecular formula is C12H22ClN3. The summed E-state index contributed by atoms with van der Waals surface area (Å²) in [5.74, 6) is 0. The van der Waals surface area contributed by atoms with Crippen molar-refractivity contribution < 1.29 is 0 Å². The van der Waals surface area contributed by atoms with E-state index < -0.39 is 0 Å². The van der Waals surface area contributed by atoms with E-state index in [9.17, 15) is 0 Å². The van der Waals surface area contributed by atoms with E-state index in [2.05, 4.69) is 30.8 Å². The Morgan fingerprint density at radius 2 is 1.88 bits per heavy atom. The molecule has 0 saturated heterocycles. The van der Waals surface area contributed by atoms with Crippen LogP contribution >= 0.6 is 12.4 Å². The molecule has 1 aromatic heterocycles. The van der Waals surface area contributed by atoms with Crippen molar-refractivity contribution in [2.24, 2.45) is 11.1 Å². The van der Waals surface area contributed by atoms with Crippen molar-refractivity contribution in [1.29, 1.82) is 0 Å². The van der Waals surface area contributed by atoms with Crippen molar-refractivity contribution in [3.63, 3.8) is 0 Å². The second-order valence-electron chi connectivity index (χ2n) is 4.90. The zero-order chi connectivity index (χ0) is 11.3. The predicted octanol–water partition coefficient (Wildman–Crippen LogP) is 1.92. The summed E-state index contributed by atoms with van der Waals surface area (Å²) in [5, 5.41) is 0. The lowest BCUT2D eigenvalue weighted by atomic mass is 9.93. The third kappa shape index (κ3) is 5.45. The van der Waals surface area contributed by atoms with Gasteiger partial charge >= 0.3 is 0 Å². The first-order valence-electron chi connectivity index (χ1n) is 5.31. The molecule has 92 valence electrons. The number of hydrogen-bond donors (Lipinski definition) is 1. The van der Waals surface area contributed by atoms with E-state index >= 15 is 0 Å². The molecule has 0 aliphatic carbocycles. The topological polar surface area (TPSA) is 42.2 Å². The van der Waals surface area contributed by atoms with Crippen LogP contribution in [0.1, 0.15) is 19.4 Å². The fourth-order valence-electron chi connectivity index (χ4n) is 1.65. The van der Waals surface area contributed by atoms with Crippen LogP contribution in [0, 0.1) is 5.41 Å². The lowest BCUT2D eigenvalue weighted by Gasteiger charge is -2.28. The van der Waals surface area contributed by atoms with E-state index in [0.29, 0.717) is 6.54 Å². The third-order valence-corrected chi connectivity index (χ3v) is 2.45. The van der Waals surface area contributed by atoms with Gasteiger partial charge in [0.25, 0.3) is 0 Å². The molecule has 0 amide bonds. The molecule has 2 N–H and O–H groups in total. The molecule has 1 rings (SSSR count). The molecule has 0 fully saturated rings. The van der Waals surface area contributed by atoms with Gasteiger partial charge in [-0.3, -0.25) is 4.98 Å². The van der Waals surface area contributed by atoms with Crippen molar-refractivity contribution >= 4 is 12.4 Å². The van der Waals surface area contributed by atoms with Gasteiger partial charge in [0.2, 0.25) is 0 Å². The maximum atomic E-state index is 5.71. The van der Waals surface area contributed by atoms with Crippen LogP contribution in [0.4, 0.5) is 0 Å². The standard InChI is InChI=1S/C12H21N3.ClH/c1-12(2,9-13)10-15(3)8-11-4-6-14-7-5-11;/h4-7H,8-10,13H2,1-3H3;1H. The minimum atomic E-state index is 0. The Kier molecular flexibility index (Phi) is 6.56. The molecule has 0 saturated carbocycles. The molecule has 16 heavy (non-hydrogen) atoms. The van der Waals surface area contributed by atoms with Gasteiger partial charge in [0, 0.05) is 25.5 Å². The Hall–Kier alpha value is -0.640. The summed E-state index contributed by atoms with van der Waals surface area (Å²) in [7, 11) is 2.12. The molecule has 1 heterocycles. The molecule has 0 aliphatic heterocycles. The number of nitrogens with two attached hydrogens (primary N) is 1. The largest absolute Gasteiger partial charge is 0.330 e. The van der Waals surface area contributed by atoms with Crippen LogP contribution in [-0.2, 0) is 6.54 Å². The second kappa shape index (κ2) is 6.84. The highest BCUT2D eigenvalue weighted by atomic mass is 35.5. The van der Waals surface area contributed by atoms with Gasteiger partial charge in [0.05, 0.1) is 0 Å². The lowest BCUT2D eigenvalue weighted by molar-refractivity contribution is 0.210. The fourth-order valence-corrected chi connectivity index (χ4v) is 1.65. The van der Waals surface area contributed by atoms with Crippen molar-refractivity contribution in [2.45, 2.75) is 20.4 Å². The highest BCUT2D eigenvalue weighted by molar-refractivity contribution is 5.85. The molecule has 3 nitrogen and oxygen atoms in total. The van der Waals surface area contributed by atoms with Gasteiger partial charge in [-0.25, -0.2) is 0 Å². The maximum absolute atomic E-state index is 5.71. The molecule has 0 bridgehead atoms. The maximum Gasteiger partial charge on any atom is 0.0271 e. The molecule has 0 unspecified atom stereocenters. The highest BCUT2D eigenvalue weighted by Crippen LogP contribution is 2.15. The van der Waals surface area contributed by atoms with Gasteiger partial charge in [0.15, 0.2) is 0 Å². The molecule has 0 aliphatic rings. The Morgan fingerprint density at radius 3 is 2.38 bits per heavy atom. The number of pyridine rings is 1. The zero-order valence-electron chi connectivity index (χ0n) is 10.3. The first-order chi connectivity index (χ1) is 7.03. The van der Waals surface area contributed by atoms with Gasteiger partial charge in [-0.15, -0.1) is 12.4 Å². The van der Waals surface area contributed by atoms with Crippen LogP contribution in [0.2, 0.25) is 0 Å². The molecule has 0 spiro atoms. The first-order valence-corrected chi connectivity index (χ1v) is 5.31. The van der Waals surface area contributed by atoms with E-state index in [4.69, 9.17) is 5.73 Å². The summed E-state index contributed by atoms with van der Waals surface area (Å²) in [6.45, 7) is 7.05. The van der Waals surface area contributed by atoms with Crippen molar-refractivity contribution in [3.8, 4) is 0 Å². The third-order valence-electron chi connectivity index (χ3n) is 2.45. The average Bonchev–Trinajstić information content (AvgIpc) is 2.18.